The number of anilines is 1. The highest BCUT2D eigenvalue weighted by atomic mass is 16.6. The molecule has 1 aliphatic rings. The van der Waals surface area contributed by atoms with Crippen LogP contribution in [0.2, 0.25) is 0 Å². The predicted molar refractivity (Wildman–Crippen MR) is 100 cm³/mol. The maximum absolute atomic E-state index is 11.7. The predicted octanol–water partition coefficient (Wildman–Crippen LogP) is 3.94. The topological polar surface area (TPSA) is 98.2 Å². The molecule has 1 aromatic carbocycles. The summed E-state index contributed by atoms with van der Waals surface area (Å²) < 4.78 is 5.32. The lowest BCUT2D eigenvalue weighted by molar-refractivity contribution is -0.384. The minimum atomic E-state index is -0.349. The third-order valence-electron chi connectivity index (χ3n) is 4.78. The molecule has 138 valence electrons. The van der Waals surface area contributed by atoms with Crippen molar-refractivity contribution in [3.63, 3.8) is 0 Å². The van der Waals surface area contributed by atoms with Crippen LogP contribution in [-0.2, 0) is 0 Å². The van der Waals surface area contributed by atoms with Crippen LogP contribution in [0, 0.1) is 16.0 Å². The lowest BCUT2D eigenvalue weighted by Crippen LogP contribution is -2.34. The fourth-order valence-corrected chi connectivity index (χ4v) is 3.44. The normalized spacial score (nSPS) is 17.1. The van der Waals surface area contributed by atoms with Crippen molar-refractivity contribution < 1.29 is 9.45 Å². The first kappa shape index (κ1) is 17.1. The first-order valence-electron chi connectivity index (χ1n) is 8.89. The molecule has 0 radical (unpaired) electrons. The smallest absolute Gasteiger partial charge is 0.293 e. The van der Waals surface area contributed by atoms with E-state index in [1.54, 1.807) is 36.7 Å². The van der Waals surface area contributed by atoms with Crippen molar-refractivity contribution in [1.29, 1.82) is 0 Å². The highest BCUT2D eigenvalue weighted by Crippen LogP contribution is 2.35. The zero-order valence-electron chi connectivity index (χ0n) is 14.9. The number of nitro benzene ring substituents is 1. The maximum Gasteiger partial charge on any atom is 0.293 e. The Hall–Kier alpha value is -3.29. The van der Waals surface area contributed by atoms with Crippen molar-refractivity contribution >= 4 is 11.4 Å². The van der Waals surface area contributed by atoms with Crippen LogP contribution >= 0.6 is 0 Å². The van der Waals surface area contributed by atoms with Crippen LogP contribution in [0.5, 0.6) is 0 Å². The van der Waals surface area contributed by atoms with Gasteiger partial charge in [-0.15, -0.1) is 0 Å². The summed E-state index contributed by atoms with van der Waals surface area (Å²) in [5, 5.41) is 15.6. The van der Waals surface area contributed by atoms with Crippen LogP contribution in [0.15, 0.2) is 47.2 Å². The number of nitrogens with zero attached hydrogens (tertiary/aromatic N) is 5. The van der Waals surface area contributed by atoms with E-state index < -0.39 is 0 Å². The summed E-state index contributed by atoms with van der Waals surface area (Å²) in [5.74, 6) is 1.20. The summed E-state index contributed by atoms with van der Waals surface area (Å²) in [5.41, 5.74) is 2.01. The lowest BCUT2D eigenvalue weighted by Gasteiger charge is -2.32. The number of hydrogen-bond acceptors (Lipinski definition) is 7. The number of hydrogen-bond donors (Lipinski definition) is 0. The molecular weight excluding hydrogens is 346 g/mol. The molecule has 8 nitrogen and oxygen atoms in total. The van der Waals surface area contributed by atoms with Crippen LogP contribution in [0.4, 0.5) is 11.4 Å². The highest BCUT2D eigenvalue weighted by Gasteiger charge is 2.25. The van der Waals surface area contributed by atoms with Crippen molar-refractivity contribution in [2.24, 2.45) is 5.92 Å². The second-order valence-corrected chi connectivity index (χ2v) is 6.81. The Kier molecular flexibility index (Phi) is 4.53. The maximum atomic E-state index is 11.7. The fourth-order valence-electron chi connectivity index (χ4n) is 3.44. The highest BCUT2D eigenvalue weighted by molar-refractivity contribution is 5.71. The van der Waals surface area contributed by atoms with E-state index in [9.17, 15) is 10.1 Å². The molecule has 1 saturated heterocycles. The van der Waals surface area contributed by atoms with Crippen LogP contribution in [0.3, 0.4) is 0 Å². The first-order chi connectivity index (χ1) is 13.1. The van der Waals surface area contributed by atoms with E-state index in [0.717, 1.165) is 31.5 Å². The van der Waals surface area contributed by atoms with Crippen molar-refractivity contribution in [3.8, 4) is 22.8 Å². The minimum absolute atomic E-state index is 0.0604. The van der Waals surface area contributed by atoms with Gasteiger partial charge in [0.25, 0.3) is 11.6 Å². The quantitative estimate of drug-likeness (QED) is 0.510. The zero-order valence-corrected chi connectivity index (χ0v) is 14.9. The van der Waals surface area contributed by atoms with Gasteiger partial charge in [-0.2, -0.15) is 4.98 Å². The van der Waals surface area contributed by atoms with Gasteiger partial charge in [-0.05, 0) is 43.0 Å². The summed E-state index contributed by atoms with van der Waals surface area (Å²) in [6, 6.07) is 8.64. The molecule has 0 spiro atoms. The van der Waals surface area contributed by atoms with Gasteiger partial charge in [-0.25, -0.2) is 0 Å². The standard InChI is InChI=1S/C19H19N5O3/c1-13-3-2-10-23(12-13)16-5-4-15(11-17(16)24(25)26)19-21-18(22-27-19)14-6-8-20-9-7-14/h4-9,11,13H,2-3,10,12H2,1H3/t13-/m1/s1. The molecule has 0 saturated carbocycles. The van der Waals surface area contributed by atoms with Crippen molar-refractivity contribution in [2.75, 3.05) is 18.0 Å². The Morgan fingerprint density at radius 3 is 2.78 bits per heavy atom. The summed E-state index contributed by atoms with van der Waals surface area (Å²) in [4.78, 5) is 21.7. The molecule has 2 aromatic heterocycles. The first-order valence-corrected chi connectivity index (χ1v) is 8.89. The molecule has 1 atom stereocenters. The summed E-state index contributed by atoms with van der Waals surface area (Å²) in [6.45, 7) is 3.83. The van der Waals surface area contributed by atoms with Gasteiger partial charge < -0.3 is 9.42 Å². The number of aromatic nitrogens is 3. The number of rotatable bonds is 4. The van der Waals surface area contributed by atoms with Gasteiger partial charge in [0.05, 0.1) is 4.92 Å². The fraction of sp³-hybridized carbons (Fsp3) is 0.316. The van der Waals surface area contributed by atoms with Crippen LogP contribution in [-0.4, -0.2) is 33.1 Å². The lowest BCUT2D eigenvalue weighted by atomic mass is 9.99. The van der Waals surface area contributed by atoms with Gasteiger partial charge in [0, 0.05) is 42.7 Å². The molecular formula is C19H19N5O3. The van der Waals surface area contributed by atoms with Crippen LogP contribution < -0.4 is 4.90 Å². The van der Waals surface area contributed by atoms with E-state index in [0.29, 0.717) is 23.0 Å². The average molecular weight is 365 g/mol. The van der Waals surface area contributed by atoms with Crippen molar-refractivity contribution in [1.82, 2.24) is 15.1 Å². The molecule has 1 aliphatic heterocycles. The molecule has 0 unspecified atom stereocenters. The van der Waals surface area contributed by atoms with Crippen molar-refractivity contribution in [3.05, 3.63) is 52.8 Å². The summed E-state index contributed by atoms with van der Waals surface area (Å²) >= 11 is 0. The summed E-state index contributed by atoms with van der Waals surface area (Å²) in [6.07, 6.45) is 5.48. The Morgan fingerprint density at radius 1 is 1.22 bits per heavy atom. The van der Waals surface area contributed by atoms with Crippen LogP contribution in [0.1, 0.15) is 19.8 Å². The van der Waals surface area contributed by atoms with E-state index in [2.05, 4.69) is 26.9 Å². The molecule has 0 N–H and O–H groups in total. The molecule has 0 amide bonds. The molecule has 0 aliphatic carbocycles. The SMILES string of the molecule is C[C@@H]1CCCN(c2ccc(-c3nc(-c4ccncc4)no3)cc2[N+](=O)[O-])C1. The number of benzene rings is 1. The van der Waals surface area contributed by atoms with Gasteiger partial charge in [0.1, 0.15) is 5.69 Å². The molecule has 3 heterocycles. The molecule has 1 fully saturated rings. The monoisotopic (exact) mass is 365 g/mol. The van der Waals surface area contributed by atoms with E-state index in [1.165, 1.54) is 6.07 Å². The second-order valence-electron chi connectivity index (χ2n) is 6.81. The van der Waals surface area contributed by atoms with Gasteiger partial charge in [0.15, 0.2) is 0 Å². The molecule has 8 heteroatoms. The number of pyridine rings is 1. The second kappa shape index (κ2) is 7.14. The third kappa shape index (κ3) is 3.51. The van der Waals surface area contributed by atoms with Gasteiger partial charge in [-0.1, -0.05) is 12.1 Å². The Bertz CT molecular complexity index is 957. The largest absolute Gasteiger partial charge is 0.366 e. The average Bonchev–Trinajstić information content (AvgIpc) is 3.18. The molecule has 3 aromatic rings. The van der Waals surface area contributed by atoms with Gasteiger partial charge in [-0.3, -0.25) is 15.1 Å². The Balaban J connectivity index is 1.67. The number of piperidine rings is 1. The van der Waals surface area contributed by atoms with E-state index in [4.69, 9.17) is 4.52 Å². The Morgan fingerprint density at radius 2 is 2.04 bits per heavy atom. The van der Waals surface area contributed by atoms with Gasteiger partial charge >= 0.3 is 0 Å². The Labute approximate surface area is 156 Å². The molecule has 27 heavy (non-hydrogen) atoms. The van der Waals surface area contributed by atoms with E-state index >= 15 is 0 Å². The minimum Gasteiger partial charge on any atom is -0.366 e. The zero-order chi connectivity index (χ0) is 18.8. The molecule has 0 bridgehead atoms. The van der Waals surface area contributed by atoms with Gasteiger partial charge in [0.2, 0.25) is 5.82 Å². The van der Waals surface area contributed by atoms with Crippen molar-refractivity contribution in [2.45, 2.75) is 19.8 Å². The van der Waals surface area contributed by atoms with E-state index in [1.807, 2.05) is 0 Å². The summed E-state index contributed by atoms with van der Waals surface area (Å²) in [7, 11) is 0. The number of nitro groups is 1. The third-order valence-corrected chi connectivity index (χ3v) is 4.78. The van der Waals surface area contributed by atoms with E-state index in [-0.39, 0.29) is 16.5 Å². The van der Waals surface area contributed by atoms with Crippen LogP contribution in [0.25, 0.3) is 22.8 Å². The molecule has 4 rings (SSSR count).